The molecule has 0 spiro atoms. The van der Waals surface area contributed by atoms with Crippen LogP contribution in [0.3, 0.4) is 0 Å². The summed E-state index contributed by atoms with van der Waals surface area (Å²) in [6.07, 6.45) is 1.51. The second-order valence-electron chi connectivity index (χ2n) is 5.53. The Balaban J connectivity index is 1.71. The number of hydrogen-bond acceptors (Lipinski definition) is 4. The van der Waals surface area contributed by atoms with Crippen molar-refractivity contribution in [3.63, 3.8) is 0 Å². The summed E-state index contributed by atoms with van der Waals surface area (Å²) in [4.78, 5) is 19.3. The maximum absolute atomic E-state index is 13.7. The van der Waals surface area contributed by atoms with E-state index in [9.17, 15) is 13.6 Å². The van der Waals surface area contributed by atoms with Gasteiger partial charge < -0.3 is 0 Å². The number of benzene rings is 2. The third kappa shape index (κ3) is 3.11. The highest BCUT2D eigenvalue weighted by molar-refractivity contribution is 7.98. The van der Waals surface area contributed by atoms with Crippen molar-refractivity contribution in [2.24, 2.45) is 0 Å². The topological polar surface area (TPSA) is 63.0 Å². The molecule has 26 heavy (non-hydrogen) atoms. The molecule has 8 heteroatoms. The molecular weight excluding hydrogens is 358 g/mol. The third-order valence-electron chi connectivity index (χ3n) is 3.83. The van der Waals surface area contributed by atoms with Crippen LogP contribution < -0.4 is 5.69 Å². The zero-order valence-corrected chi connectivity index (χ0v) is 14.1. The number of halogens is 2. The molecule has 0 aliphatic heterocycles. The molecular formula is C18H12F2N4OS. The molecule has 0 aliphatic carbocycles. The molecule has 130 valence electrons. The molecule has 2 heterocycles. The number of nitrogens with one attached hydrogen (secondary N) is 1. The summed E-state index contributed by atoms with van der Waals surface area (Å²) in [5.74, 6) is -0.330. The predicted octanol–water partition coefficient (Wildman–Crippen LogP) is 3.66. The zero-order valence-electron chi connectivity index (χ0n) is 13.3. The molecule has 2 aromatic carbocycles. The summed E-state index contributed by atoms with van der Waals surface area (Å²) in [5.41, 5.74) is 1.75. The Morgan fingerprint density at radius 1 is 1.08 bits per heavy atom. The first-order valence-corrected chi connectivity index (χ1v) is 8.70. The van der Waals surface area contributed by atoms with E-state index >= 15 is 0 Å². The van der Waals surface area contributed by atoms with Crippen molar-refractivity contribution in [3.8, 4) is 11.1 Å². The van der Waals surface area contributed by atoms with E-state index in [0.717, 1.165) is 4.52 Å². The fourth-order valence-electron chi connectivity index (χ4n) is 2.53. The highest BCUT2D eigenvalue weighted by Gasteiger charge is 2.13. The zero-order chi connectivity index (χ0) is 18.1. The maximum atomic E-state index is 13.7. The van der Waals surface area contributed by atoms with E-state index in [0.29, 0.717) is 33.2 Å². The summed E-state index contributed by atoms with van der Waals surface area (Å²) in [5, 5.41) is 4.39. The van der Waals surface area contributed by atoms with Gasteiger partial charge in [0, 0.05) is 11.3 Å². The summed E-state index contributed by atoms with van der Waals surface area (Å²) in [6.45, 7) is 0. The molecule has 0 saturated carbocycles. The highest BCUT2D eigenvalue weighted by atomic mass is 32.2. The Morgan fingerprint density at radius 3 is 2.62 bits per heavy atom. The molecule has 0 atom stereocenters. The first-order chi connectivity index (χ1) is 12.6. The molecule has 0 fully saturated rings. The minimum absolute atomic E-state index is 0.306. The van der Waals surface area contributed by atoms with Crippen LogP contribution in [0.4, 0.5) is 8.78 Å². The van der Waals surface area contributed by atoms with Crippen LogP contribution in [0.25, 0.3) is 16.8 Å². The van der Waals surface area contributed by atoms with Gasteiger partial charge in [-0.25, -0.2) is 18.6 Å². The number of fused-ring (bicyclic) bond motifs is 1. The smallest absolute Gasteiger partial charge is 0.285 e. The van der Waals surface area contributed by atoms with Crippen LogP contribution in [0.15, 0.2) is 64.7 Å². The summed E-state index contributed by atoms with van der Waals surface area (Å²) >= 11 is 1.22. The molecule has 0 aliphatic rings. The Kier molecular flexibility index (Phi) is 4.26. The molecule has 0 amide bonds. The van der Waals surface area contributed by atoms with Crippen LogP contribution in [0.5, 0.6) is 0 Å². The van der Waals surface area contributed by atoms with E-state index in [-0.39, 0.29) is 11.6 Å². The van der Waals surface area contributed by atoms with Gasteiger partial charge in [0.25, 0.3) is 0 Å². The second-order valence-corrected chi connectivity index (χ2v) is 6.49. The molecule has 5 nitrogen and oxygen atoms in total. The lowest BCUT2D eigenvalue weighted by Gasteiger charge is -2.04. The fraction of sp³-hybridized carbons (Fsp3) is 0.0556. The summed E-state index contributed by atoms with van der Waals surface area (Å²) < 4.78 is 28.0. The summed E-state index contributed by atoms with van der Waals surface area (Å²) in [6, 6.07) is 12.3. The number of H-pyrrole nitrogens is 1. The van der Waals surface area contributed by atoms with Crippen molar-refractivity contribution in [2.45, 2.75) is 10.9 Å². The lowest BCUT2D eigenvalue weighted by Crippen LogP contribution is -2.19. The van der Waals surface area contributed by atoms with Crippen LogP contribution in [-0.4, -0.2) is 19.6 Å². The van der Waals surface area contributed by atoms with E-state index in [1.807, 2.05) is 0 Å². The van der Waals surface area contributed by atoms with Gasteiger partial charge in [-0.1, -0.05) is 42.1 Å². The van der Waals surface area contributed by atoms with E-state index < -0.39 is 5.69 Å². The number of aromatic amines is 1. The second kappa shape index (κ2) is 6.72. The highest BCUT2D eigenvalue weighted by Crippen LogP contribution is 2.25. The van der Waals surface area contributed by atoms with Gasteiger partial charge in [0.05, 0.1) is 6.20 Å². The fourth-order valence-corrected chi connectivity index (χ4v) is 3.37. The quantitative estimate of drug-likeness (QED) is 0.557. The molecule has 2 aromatic heterocycles. The SMILES string of the molecule is O=c1[nH]c(SCc2ccccc2F)nc2c(-c3ccc(F)cc3)cnn12. The van der Waals surface area contributed by atoms with Crippen LogP contribution in [0, 0.1) is 11.6 Å². The minimum atomic E-state index is -0.445. The Morgan fingerprint density at radius 2 is 1.85 bits per heavy atom. The normalized spacial score (nSPS) is 11.2. The average Bonchev–Trinajstić information content (AvgIpc) is 3.06. The van der Waals surface area contributed by atoms with Gasteiger partial charge in [-0.15, -0.1) is 0 Å². The van der Waals surface area contributed by atoms with E-state index in [1.54, 1.807) is 30.3 Å². The van der Waals surface area contributed by atoms with Crippen LogP contribution in [0.1, 0.15) is 5.56 Å². The van der Waals surface area contributed by atoms with E-state index in [1.165, 1.54) is 36.2 Å². The maximum Gasteiger partial charge on any atom is 0.350 e. The lowest BCUT2D eigenvalue weighted by atomic mass is 10.1. The molecule has 0 unspecified atom stereocenters. The first-order valence-electron chi connectivity index (χ1n) is 7.72. The largest absolute Gasteiger partial charge is 0.350 e. The van der Waals surface area contributed by atoms with Gasteiger partial charge in [0.15, 0.2) is 10.8 Å². The first kappa shape index (κ1) is 16.5. The van der Waals surface area contributed by atoms with Crippen molar-refractivity contribution >= 4 is 17.4 Å². The van der Waals surface area contributed by atoms with Gasteiger partial charge in [-0.3, -0.25) is 4.98 Å². The van der Waals surface area contributed by atoms with Gasteiger partial charge >= 0.3 is 5.69 Å². The molecule has 0 bridgehead atoms. The Bertz CT molecular complexity index is 1140. The van der Waals surface area contributed by atoms with Crippen LogP contribution in [-0.2, 0) is 5.75 Å². The van der Waals surface area contributed by atoms with Crippen molar-refractivity contribution in [1.29, 1.82) is 0 Å². The Labute approximate surface area is 150 Å². The number of thioether (sulfide) groups is 1. The molecule has 4 aromatic rings. The standard InChI is InChI=1S/C18H12F2N4OS/c19-13-7-5-11(6-8-13)14-9-21-24-16(14)22-17(23-18(24)25)26-10-12-3-1-2-4-15(12)20/h1-9H,10H2,(H,22,23,25). The number of rotatable bonds is 4. The van der Waals surface area contributed by atoms with E-state index in [4.69, 9.17) is 0 Å². The number of hydrogen-bond donors (Lipinski definition) is 1. The molecule has 1 N–H and O–H groups in total. The van der Waals surface area contributed by atoms with E-state index in [2.05, 4.69) is 15.1 Å². The van der Waals surface area contributed by atoms with Gasteiger partial charge in [-0.2, -0.15) is 9.61 Å². The van der Waals surface area contributed by atoms with Crippen molar-refractivity contribution in [2.75, 3.05) is 0 Å². The van der Waals surface area contributed by atoms with Crippen molar-refractivity contribution in [1.82, 2.24) is 19.6 Å². The van der Waals surface area contributed by atoms with Crippen molar-refractivity contribution < 1.29 is 8.78 Å². The summed E-state index contributed by atoms with van der Waals surface area (Å²) in [7, 11) is 0. The van der Waals surface area contributed by atoms with Gasteiger partial charge in [-0.05, 0) is 29.3 Å². The minimum Gasteiger partial charge on any atom is -0.285 e. The van der Waals surface area contributed by atoms with Crippen LogP contribution >= 0.6 is 11.8 Å². The average molecular weight is 370 g/mol. The monoisotopic (exact) mass is 370 g/mol. The third-order valence-corrected chi connectivity index (χ3v) is 4.76. The van der Waals surface area contributed by atoms with Crippen LogP contribution in [0.2, 0.25) is 0 Å². The Hall–Kier alpha value is -3.00. The number of aromatic nitrogens is 4. The lowest BCUT2D eigenvalue weighted by molar-refractivity contribution is 0.617. The number of nitrogens with zero attached hydrogens (tertiary/aromatic N) is 3. The van der Waals surface area contributed by atoms with Crippen molar-refractivity contribution in [3.05, 3.63) is 82.4 Å². The molecule has 0 radical (unpaired) electrons. The van der Waals surface area contributed by atoms with Gasteiger partial charge in [0.2, 0.25) is 0 Å². The predicted molar refractivity (Wildman–Crippen MR) is 95.0 cm³/mol. The molecule has 0 saturated heterocycles. The molecule has 4 rings (SSSR count). The van der Waals surface area contributed by atoms with Gasteiger partial charge in [0.1, 0.15) is 11.6 Å².